The Bertz CT molecular complexity index is 492. The second kappa shape index (κ2) is 5.79. The molecule has 0 bridgehead atoms. The van der Waals surface area contributed by atoms with E-state index in [1.807, 2.05) is 19.1 Å². The number of furan rings is 1. The van der Waals surface area contributed by atoms with Crippen molar-refractivity contribution in [1.29, 1.82) is 0 Å². The summed E-state index contributed by atoms with van der Waals surface area (Å²) >= 11 is 0. The van der Waals surface area contributed by atoms with Crippen LogP contribution in [0, 0.1) is 13.8 Å². The molecule has 0 radical (unpaired) electrons. The number of rotatable bonds is 6. The number of hydrogen-bond donors (Lipinski definition) is 1. The Kier molecular flexibility index (Phi) is 4.11. The van der Waals surface area contributed by atoms with Crippen molar-refractivity contribution in [2.75, 3.05) is 13.7 Å². The van der Waals surface area contributed by atoms with E-state index in [2.05, 4.69) is 15.5 Å². The maximum atomic E-state index is 5.59. The average molecular weight is 251 g/mol. The van der Waals surface area contributed by atoms with E-state index in [1.54, 1.807) is 14.0 Å². The molecule has 0 aromatic carbocycles. The van der Waals surface area contributed by atoms with Gasteiger partial charge in [-0.05, 0) is 19.1 Å². The van der Waals surface area contributed by atoms with Crippen LogP contribution in [0.4, 0.5) is 0 Å². The zero-order chi connectivity index (χ0) is 13.0. The highest BCUT2D eigenvalue weighted by Gasteiger charge is 2.15. The fraction of sp³-hybridized carbons (Fsp3) is 0.500. The van der Waals surface area contributed by atoms with Crippen LogP contribution in [0.15, 0.2) is 21.1 Å². The van der Waals surface area contributed by atoms with E-state index in [4.69, 9.17) is 13.7 Å². The molecule has 0 aliphatic carbocycles. The summed E-state index contributed by atoms with van der Waals surface area (Å²) in [6.45, 7) is 4.70. The number of aryl methyl sites for hydroxylation is 2. The highest BCUT2D eigenvalue weighted by Crippen LogP contribution is 2.17. The molecule has 0 fully saturated rings. The second-order valence-corrected chi connectivity index (χ2v) is 4.07. The van der Waals surface area contributed by atoms with Gasteiger partial charge in [0.25, 0.3) is 0 Å². The van der Waals surface area contributed by atoms with Gasteiger partial charge in [0.2, 0.25) is 5.89 Å². The minimum absolute atomic E-state index is 0.0255. The van der Waals surface area contributed by atoms with Crippen molar-refractivity contribution in [2.45, 2.75) is 26.4 Å². The summed E-state index contributed by atoms with van der Waals surface area (Å²) in [6, 6.07) is 3.84. The smallest absolute Gasteiger partial charge is 0.223 e. The number of nitrogens with zero attached hydrogens (tertiary/aromatic N) is 2. The maximum absolute atomic E-state index is 5.59. The molecule has 0 aliphatic rings. The van der Waals surface area contributed by atoms with Gasteiger partial charge in [0.1, 0.15) is 11.5 Å². The van der Waals surface area contributed by atoms with Gasteiger partial charge in [-0.25, -0.2) is 0 Å². The Morgan fingerprint density at radius 1 is 1.39 bits per heavy atom. The molecule has 2 heterocycles. The average Bonchev–Trinajstić information content (AvgIpc) is 2.94. The first-order valence-electron chi connectivity index (χ1n) is 5.77. The van der Waals surface area contributed by atoms with Gasteiger partial charge < -0.3 is 13.7 Å². The Hall–Kier alpha value is -1.66. The standard InChI is InChI=1S/C12H17N3O3/c1-8-4-5-11(17-8)10(7-16-3)13-6-12-14-9(2)18-15-12/h4-5,10,13H,6-7H2,1-3H3/t10-/m0/s1. The third-order valence-electron chi connectivity index (χ3n) is 2.51. The third-order valence-corrected chi connectivity index (χ3v) is 2.51. The molecule has 2 rings (SSSR count). The van der Waals surface area contributed by atoms with E-state index in [9.17, 15) is 0 Å². The molecule has 6 nitrogen and oxygen atoms in total. The van der Waals surface area contributed by atoms with Crippen molar-refractivity contribution in [3.8, 4) is 0 Å². The fourth-order valence-electron chi connectivity index (χ4n) is 1.68. The van der Waals surface area contributed by atoms with Crippen molar-refractivity contribution in [1.82, 2.24) is 15.5 Å². The first-order valence-corrected chi connectivity index (χ1v) is 5.77. The lowest BCUT2D eigenvalue weighted by Gasteiger charge is -2.14. The predicted octanol–water partition coefficient (Wildman–Crippen LogP) is 1.76. The highest BCUT2D eigenvalue weighted by molar-refractivity contribution is 5.10. The molecule has 1 atom stereocenters. The topological polar surface area (TPSA) is 73.3 Å². The molecule has 0 aliphatic heterocycles. The van der Waals surface area contributed by atoms with Gasteiger partial charge in [0.15, 0.2) is 5.82 Å². The van der Waals surface area contributed by atoms with E-state index in [0.717, 1.165) is 11.5 Å². The van der Waals surface area contributed by atoms with Crippen molar-refractivity contribution in [3.05, 3.63) is 35.4 Å². The number of ether oxygens (including phenoxy) is 1. The Morgan fingerprint density at radius 2 is 2.22 bits per heavy atom. The lowest BCUT2D eigenvalue weighted by atomic mass is 10.2. The van der Waals surface area contributed by atoms with Gasteiger partial charge >= 0.3 is 0 Å². The molecule has 98 valence electrons. The number of methoxy groups -OCH3 is 1. The van der Waals surface area contributed by atoms with E-state index in [-0.39, 0.29) is 6.04 Å². The summed E-state index contributed by atoms with van der Waals surface area (Å²) in [5, 5.41) is 7.10. The van der Waals surface area contributed by atoms with Crippen LogP contribution < -0.4 is 5.32 Å². The van der Waals surface area contributed by atoms with E-state index in [1.165, 1.54) is 0 Å². The molecule has 6 heteroatoms. The van der Waals surface area contributed by atoms with Crippen molar-refractivity contribution in [2.24, 2.45) is 0 Å². The minimum Gasteiger partial charge on any atom is -0.465 e. The van der Waals surface area contributed by atoms with Crippen LogP contribution in [0.25, 0.3) is 0 Å². The third kappa shape index (κ3) is 3.18. The molecular weight excluding hydrogens is 234 g/mol. The van der Waals surface area contributed by atoms with Gasteiger partial charge in [-0.1, -0.05) is 5.16 Å². The van der Waals surface area contributed by atoms with Crippen LogP contribution in [0.3, 0.4) is 0 Å². The summed E-state index contributed by atoms with van der Waals surface area (Å²) < 4.78 is 15.7. The highest BCUT2D eigenvalue weighted by atomic mass is 16.5. The second-order valence-electron chi connectivity index (χ2n) is 4.07. The van der Waals surface area contributed by atoms with Gasteiger partial charge in [0.05, 0.1) is 19.2 Å². The van der Waals surface area contributed by atoms with Gasteiger partial charge in [-0.2, -0.15) is 4.98 Å². The molecule has 0 saturated carbocycles. The molecular formula is C12H17N3O3. The SMILES string of the molecule is COC[C@H](NCc1noc(C)n1)c1ccc(C)o1. The zero-order valence-corrected chi connectivity index (χ0v) is 10.8. The normalized spacial score (nSPS) is 12.8. The number of nitrogens with one attached hydrogen (secondary N) is 1. The lowest BCUT2D eigenvalue weighted by Crippen LogP contribution is -2.25. The summed E-state index contributed by atoms with van der Waals surface area (Å²) in [4.78, 5) is 4.13. The first-order chi connectivity index (χ1) is 8.69. The molecule has 0 spiro atoms. The van der Waals surface area contributed by atoms with Gasteiger partial charge in [-0.3, -0.25) is 5.32 Å². The van der Waals surface area contributed by atoms with E-state index in [0.29, 0.717) is 24.9 Å². The van der Waals surface area contributed by atoms with E-state index < -0.39 is 0 Å². The van der Waals surface area contributed by atoms with Crippen LogP contribution >= 0.6 is 0 Å². The minimum atomic E-state index is -0.0255. The molecule has 18 heavy (non-hydrogen) atoms. The van der Waals surface area contributed by atoms with Gasteiger partial charge in [0, 0.05) is 14.0 Å². The maximum Gasteiger partial charge on any atom is 0.223 e. The largest absolute Gasteiger partial charge is 0.465 e. The Morgan fingerprint density at radius 3 is 2.78 bits per heavy atom. The predicted molar refractivity (Wildman–Crippen MR) is 63.9 cm³/mol. The van der Waals surface area contributed by atoms with Crippen LogP contribution in [0.5, 0.6) is 0 Å². The Labute approximate surface area is 105 Å². The molecule has 0 amide bonds. The van der Waals surface area contributed by atoms with Crippen molar-refractivity contribution >= 4 is 0 Å². The molecule has 2 aromatic heterocycles. The molecule has 0 saturated heterocycles. The van der Waals surface area contributed by atoms with Gasteiger partial charge in [-0.15, -0.1) is 0 Å². The van der Waals surface area contributed by atoms with Crippen molar-refractivity contribution < 1.29 is 13.7 Å². The summed E-state index contributed by atoms with van der Waals surface area (Å²) in [5.74, 6) is 2.90. The monoisotopic (exact) mass is 251 g/mol. The molecule has 1 N–H and O–H groups in total. The first kappa shape index (κ1) is 12.8. The van der Waals surface area contributed by atoms with Crippen LogP contribution in [0.1, 0.15) is 29.3 Å². The lowest BCUT2D eigenvalue weighted by molar-refractivity contribution is 0.155. The zero-order valence-electron chi connectivity index (χ0n) is 10.8. The van der Waals surface area contributed by atoms with Crippen LogP contribution in [-0.2, 0) is 11.3 Å². The summed E-state index contributed by atoms with van der Waals surface area (Å²) in [5.41, 5.74) is 0. The van der Waals surface area contributed by atoms with Crippen LogP contribution in [0.2, 0.25) is 0 Å². The number of hydrogen-bond acceptors (Lipinski definition) is 6. The Balaban J connectivity index is 1.98. The van der Waals surface area contributed by atoms with E-state index >= 15 is 0 Å². The summed E-state index contributed by atoms with van der Waals surface area (Å²) in [7, 11) is 1.66. The summed E-state index contributed by atoms with van der Waals surface area (Å²) in [6.07, 6.45) is 0. The molecule has 2 aromatic rings. The van der Waals surface area contributed by atoms with Crippen LogP contribution in [-0.4, -0.2) is 23.9 Å². The quantitative estimate of drug-likeness (QED) is 0.843. The number of aromatic nitrogens is 2. The molecule has 0 unspecified atom stereocenters. The van der Waals surface area contributed by atoms with Crippen molar-refractivity contribution in [3.63, 3.8) is 0 Å². The fourth-order valence-corrected chi connectivity index (χ4v) is 1.68.